The Labute approximate surface area is 242 Å². The molecule has 0 saturated heterocycles. The summed E-state index contributed by atoms with van der Waals surface area (Å²) in [5.74, 6) is -0.505. The molecule has 36 heavy (non-hydrogen) atoms. The normalized spacial score (nSPS) is 11.1. The molecule has 0 spiro atoms. The Bertz CT molecular complexity index is 1520. The van der Waals surface area contributed by atoms with Gasteiger partial charge in [0.1, 0.15) is 0 Å². The number of esters is 2. The molecule has 0 unspecified atom stereocenters. The number of methoxy groups -OCH3 is 2. The lowest BCUT2D eigenvalue weighted by molar-refractivity contribution is -0.140. The summed E-state index contributed by atoms with van der Waals surface area (Å²) in [5.41, 5.74) is 1.94. The molecule has 0 bridgehead atoms. The molecule has 5 rings (SSSR count). The Morgan fingerprint density at radius 2 is 1.25 bits per heavy atom. The van der Waals surface area contributed by atoms with E-state index in [0.717, 1.165) is 40.4 Å². The van der Waals surface area contributed by atoms with Gasteiger partial charge in [-0.3, -0.25) is 9.59 Å². The number of thiophene rings is 5. The van der Waals surface area contributed by atoms with Crippen LogP contribution in [0, 0.1) is 2.88 Å². The summed E-state index contributed by atoms with van der Waals surface area (Å²) in [6, 6.07) is 16.8. The minimum Gasteiger partial charge on any atom is -0.469 e. The van der Waals surface area contributed by atoms with Crippen LogP contribution in [-0.2, 0) is 31.9 Å². The van der Waals surface area contributed by atoms with Crippen molar-refractivity contribution in [2.45, 2.75) is 12.8 Å². The van der Waals surface area contributed by atoms with Crippen molar-refractivity contribution in [2.24, 2.45) is 0 Å². The highest BCUT2D eigenvalue weighted by Crippen LogP contribution is 2.47. The summed E-state index contributed by atoms with van der Waals surface area (Å²) in [6.45, 7) is 0. The van der Waals surface area contributed by atoms with Crippen LogP contribution in [0.4, 0.5) is 0 Å². The minimum absolute atomic E-state index is 0.229. The van der Waals surface area contributed by atoms with Gasteiger partial charge < -0.3 is 9.47 Å². The fourth-order valence-corrected chi connectivity index (χ4v) is 9.87. The molecule has 0 aromatic carbocycles. The molecule has 0 aliphatic carbocycles. The molecule has 0 aliphatic heterocycles. The molecule has 0 radical (unpaired) electrons. The van der Waals surface area contributed by atoms with E-state index in [1.54, 1.807) is 56.7 Å². The number of carbonyl (C=O) groups excluding carboxylic acids is 2. The maximum atomic E-state index is 12.2. The summed E-state index contributed by atoms with van der Waals surface area (Å²) in [5, 5.41) is 2.06. The SMILES string of the molecule is COC(=O)Cc1cc(-c2cccs2)sc1-c1ccc(-c2sc(-c3ccc(I)s3)cc2CC(=O)OC)s1. The molecule has 5 aromatic rings. The summed E-state index contributed by atoms with van der Waals surface area (Å²) in [4.78, 5) is 33.4. The fourth-order valence-electron chi connectivity index (χ4n) is 3.68. The standard InChI is InChI=1S/C26H19IO4S5/c1-30-23(28)12-14-10-20(16-4-3-9-32-16)35-25(14)18-5-6-19(33-18)26-15(13-24(29)31-2)11-21(36-26)17-7-8-22(27)34-17/h3-11H,12-13H2,1-2H3. The summed E-state index contributed by atoms with van der Waals surface area (Å²) < 4.78 is 11.2. The first-order valence-electron chi connectivity index (χ1n) is 10.7. The summed E-state index contributed by atoms with van der Waals surface area (Å²) in [6.07, 6.45) is 0.460. The van der Waals surface area contributed by atoms with Crippen LogP contribution in [0.5, 0.6) is 0 Å². The van der Waals surface area contributed by atoms with Crippen molar-refractivity contribution in [2.75, 3.05) is 14.2 Å². The highest BCUT2D eigenvalue weighted by atomic mass is 127. The van der Waals surface area contributed by atoms with Crippen LogP contribution >= 0.6 is 79.3 Å². The van der Waals surface area contributed by atoms with E-state index >= 15 is 0 Å². The van der Waals surface area contributed by atoms with Crippen LogP contribution in [0.25, 0.3) is 39.0 Å². The molecule has 0 N–H and O–H groups in total. The van der Waals surface area contributed by atoms with Gasteiger partial charge in [-0.1, -0.05) is 6.07 Å². The molecule has 5 heterocycles. The van der Waals surface area contributed by atoms with E-state index in [1.165, 1.54) is 26.9 Å². The second-order valence-electron chi connectivity index (χ2n) is 7.68. The maximum absolute atomic E-state index is 12.2. The third-order valence-corrected chi connectivity index (χ3v) is 12.3. The van der Waals surface area contributed by atoms with E-state index in [9.17, 15) is 9.59 Å². The molecule has 0 amide bonds. The molecule has 4 nitrogen and oxygen atoms in total. The Morgan fingerprint density at radius 1 is 0.694 bits per heavy atom. The largest absolute Gasteiger partial charge is 0.469 e. The third kappa shape index (κ3) is 5.53. The van der Waals surface area contributed by atoms with E-state index in [2.05, 4.69) is 70.4 Å². The zero-order valence-corrected chi connectivity index (χ0v) is 25.4. The molecule has 0 aliphatic rings. The lowest BCUT2D eigenvalue weighted by Crippen LogP contribution is -2.04. The number of ether oxygens (including phenoxy) is 2. The minimum atomic E-state index is -0.252. The van der Waals surface area contributed by atoms with Crippen LogP contribution in [0.15, 0.2) is 53.9 Å². The third-order valence-electron chi connectivity index (χ3n) is 5.38. The van der Waals surface area contributed by atoms with Crippen LogP contribution < -0.4 is 0 Å². The predicted molar refractivity (Wildman–Crippen MR) is 162 cm³/mol. The topological polar surface area (TPSA) is 52.6 Å². The number of rotatable bonds is 8. The number of halogens is 1. The van der Waals surface area contributed by atoms with Crippen LogP contribution in [-0.4, -0.2) is 26.2 Å². The van der Waals surface area contributed by atoms with Gasteiger partial charge in [0.05, 0.1) is 29.9 Å². The van der Waals surface area contributed by atoms with Gasteiger partial charge >= 0.3 is 11.9 Å². The maximum Gasteiger partial charge on any atom is 0.310 e. The fraction of sp³-hybridized carbons (Fsp3) is 0.154. The van der Waals surface area contributed by atoms with Gasteiger partial charge in [-0.25, -0.2) is 0 Å². The second kappa shape index (κ2) is 11.3. The lowest BCUT2D eigenvalue weighted by Gasteiger charge is -2.02. The van der Waals surface area contributed by atoms with Gasteiger partial charge in [-0.2, -0.15) is 0 Å². The van der Waals surface area contributed by atoms with Gasteiger partial charge in [0.15, 0.2) is 0 Å². The van der Waals surface area contributed by atoms with Crippen molar-refractivity contribution >= 4 is 91.2 Å². The van der Waals surface area contributed by atoms with Crippen LogP contribution in [0.3, 0.4) is 0 Å². The lowest BCUT2D eigenvalue weighted by atomic mass is 10.1. The summed E-state index contributed by atoms with van der Waals surface area (Å²) in [7, 11) is 2.84. The van der Waals surface area contributed by atoms with E-state index in [1.807, 2.05) is 6.07 Å². The van der Waals surface area contributed by atoms with Gasteiger partial charge in [0.2, 0.25) is 0 Å². The Kier molecular flexibility index (Phi) is 8.08. The first-order valence-corrected chi connectivity index (χ1v) is 16.0. The highest BCUT2D eigenvalue weighted by molar-refractivity contribution is 14.1. The molecular weight excluding hydrogens is 664 g/mol. The number of hydrogen-bond acceptors (Lipinski definition) is 9. The van der Waals surface area contributed by atoms with Crippen molar-refractivity contribution in [1.29, 1.82) is 0 Å². The average molecular weight is 683 g/mol. The van der Waals surface area contributed by atoms with Crippen molar-refractivity contribution < 1.29 is 19.1 Å². The van der Waals surface area contributed by atoms with Crippen molar-refractivity contribution in [3.8, 4) is 39.0 Å². The second-order valence-corrected chi connectivity index (χ2v) is 14.8. The molecule has 0 saturated carbocycles. The Balaban J connectivity index is 1.55. The zero-order valence-electron chi connectivity index (χ0n) is 19.2. The van der Waals surface area contributed by atoms with Gasteiger partial charge in [0.25, 0.3) is 0 Å². The van der Waals surface area contributed by atoms with Crippen molar-refractivity contribution in [3.05, 3.63) is 67.9 Å². The average Bonchev–Trinajstić information content (AvgIpc) is 3.68. The molecule has 184 valence electrons. The Morgan fingerprint density at radius 3 is 1.72 bits per heavy atom. The molecule has 5 aromatic heterocycles. The van der Waals surface area contributed by atoms with Gasteiger partial charge in [-0.15, -0.1) is 56.7 Å². The molecule has 0 atom stereocenters. The highest BCUT2D eigenvalue weighted by Gasteiger charge is 2.21. The van der Waals surface area contributed by atoms with E-state index < -0.39 is 0 Å². The number of carbonyl (C=O) groups is 2. The Hall–Kier alpha value is -1.83. The van der Waals surface area contributed by atoms with Crippen LogP contribution in [0.1, 0.15) is 11.1 Å². The quantitative estimate of drug-likeness (QED) is 0.121. The van der Waals surface area contributed by atoms with E-state index in [4.69, 9.17) is 9.47 Å². The smallest absolute Gasteiger partial charge is 0.310 e. The zero-order chi connectivity index (χ0) is 25.2. The number of hydrogen-bond donors (Lipinski definition) is 0. The van der Waals surface area contributed by atoms with Crippen molar-refractivity contribution in [1.82, 2.24) is 0 Å². The van der Waals surface area contributed by atoms with E-state index in [0.29, 0.717) is 0 Å². The molecule has 0 fully saturated rings. The first kappa shape index (κ1) is 25.8. The van der Waals surface area contributed by atoms with Crippen molar-refractivity contribution in [3.63, 3.8) is 0 Å². The monoisotopic (exact) mass is 682 g/mol. The van der Waals surface area contributed by atoms with E-state index in [-0.39, 0.29) is 24.8 Å². The molecule has 10 heteroatoms. The van der Waals surface area contributed by atoms with Gasteiger partial charge in [-0.05, 0) is 81.6 Å². The first-order chi connectivity index (χ1) is 17.4. The molecular formula is C26H19IO4S5. The predicted octanol–water partition coefficient (Wildman–Crippen LogP) is 8.70. The summed E-state index contributed by atoms with van der Waals surface area (Å²) >= 11 is 10.8. The van der Waals surface area contributed by atoms with Gasteiger partial charge in [0, 0.05) is 39.0 Å². The van der Waals surface area contributed by atoms with Crippen LogP contribution in [0.2, 0.25) is 0 Å².